The van der Waals surface area contributed by atoms with Gasteiger partial charge >= 0.3 is 0 Å². The summed E-state index contributed by atoms with van der Waals surface area (Å²) in [6.45, 7) is 0. The molecule has 108 valence electrons. The van der Waals surface area contributed by atoms with Gasteiger partial charge in [0.05, 0.1) is 5.75 Å². The van der Waals surface area contributed by atoms with Crippen molar-refractivity contribution < 1.29 is 9.18 Å². The predicted molar refractivity (Wildman–Crippen MR) is 85.5 cm³/mol. The predicted octanol–water partition coefficient (Wildman–Crippen LogP) is 4.91. The van der Waals surface area contributed by atoms with E-state index in [4.69, 9.17) is 23.2 Å². The molecule has 1 amide bonds. The second-order valence-corrected chi connectivity index (χ2v) is 6.52. The maximum absolute atomic E-state index is 14.0. The minimum absolute atomic E-state index is 0.0911. The Morgan fingerprint density at radius 2 is 1.81 bits per heavy atom. The lowest BCUT2D eigenvalue weighted by Gasteiger charge is -2.25. The van der Waals surface area contributed by atoms with Crippen molar-refractivity contribution in [1.29, 1.82) is 0 Å². The van der Waals surface area contributed by atoms with Gasteiger partial charge in [0.15, 0.2) is 0 Å². The molecular formula is C15H10Cl2FNOS. The van der Waals surface area contributed by atoms with Gasteiger partial charge < -0.3 is 0 Å². The maximum Gasteiger partial charge on any atom is 0.238 e. The van der Waals surface area contributed by atoms with Gasteiger partial charge in [-0.3, -0.25) is 9.69 Å². The smallest absolute Gasteiger partial charge is 0.238 e. The fourth-order valence-corrected chi connectivity index (χ4v) is 4.00. The number of benzene rings is 2. The molecule has 3 rings (SSSR count). The summed E-state index contributed by atoms with van der Waals surface area (Å²) in [4.78, 5) is 13.7. The Balaban J connectivity index is 2.06. The lowest BCUT2D eigenvalue weighted by atomic mass is 10.1. The Labute approximate surface area is 135 Å². The lowest BCUT2D eigenvalue weighted by molar-refractivity contribution is -0.115. The number of rotatable bonds is 2. The lowest BCUT2D eigenvalue weighted by Crippen LogP contribution is -2.28. The summed E-state index contributed by atoms with van der Waals surface area (Å²) in [6, 6.07) is 11.4. The quantitative estimate of drug-likeness (QED) is 0.773. The van der Waals surface area contributed by atoms with Gasteiger partial charge in [0.1, 0.15) is 11.2 Å². The number of anilines is 1. The molecule has 6 heteroatoms. The standard InChI is InChI=1S/C15H10Cl2FNOS/c16-9-5-10(17)7-11(6-9)19-14(20)8-21-15(19)12-3-1-2-4-13(12)18/h1-7,15H,8H2/t15-/m1/s1. The molecule has 1 aliphatic heterocycles. The van der Waals surface area contributed by atoms with Crippen molar-refractivity contribution in [1.82, 2.24) is 0 Å². The first kappa shape index (κ1) is 14.7. The van der Waals surface area contributed by atoms with Crippen LogP contribution in [0.2, 0.25) is 10.0 Å². The summed E-state index contributed by atoms with van der Waals surface area (Å²) in [6.07, 6.45) is 0. The average molecular weight is 342 g/mol. The third kappa shape index (κ3) is 2.89. The molecule has 0 aromatic heterocycles. The number of hydrogen-bond donors (Lipinski definition) is 0. The molecule has 1 fully saturated rings. The van der Waals surface area contributed by atoms with E-state index in [1.165, 1.54) is 17.8 Å². The van der Waals surface area contributed by atoms with Gasteiger partial charge in [0.2, 0.25) is 5.91 Å². The molecule has 1 atom stereocenters. The monoisotopic (exact) mass is 341 g/mol. The van der Waals surface area contributed by atoms with E-state index in [0.29, 0.717) is 27.0 Å². The Kier molecular flexibility index (Phi) is 4.11. The van der Waals surface area contributed by atoms with Gasteiger partial charge in [-0.2, -0.15) is 0 Å². The van der Waals surface area contributed by atoms with Gasteiger partial charge in [-0.05, 0) is 24.3 Å². The summed E-state index contributed by atoms with van der Waals surface area (Å²) in [5.74, 6) is -0.127. The molecule has 1 saturated heterocycles. The molecule has 0 aliphatic carbocycles. The van der Waals surface area contributed by atoms with Crippen molar-refractivity contribution >= 4 is 46.6 Å². The molecule has 1 aliphatic rings. The van der Waals surface area contributed by atoms with E-state index in [9.17, 15) is 9.18 Å². The number of hydrogen-bond acceptors (Lipinski definition) is 2. The van der Waals surface area contributed by atoms with Gasteiger partial charge in [-0.1, -0.05) is 41.4 Å². The number of halogens is 3. The van der Waals surface area contributed by atoms with Crippen LogP contribution in [0.1, 0.15) is 10.9 Å². The topological polar surface area (TPSA) is 20.3 Å². The van der Waals surface area contributed by atoms with Crippen molar-refractivity contribution in [3.8, 4) is 0 Å². The van der Waals surface area contributed by atoms with Crippen molar-refractivity contribution in [2.24, 2.45) is 0 Å². The third-order valence-electron chi connectivity index (χ3n) is 3.16. The number of thioether (sulfide) groups is 1. The first-order valence-corrected chi connectivity index (χ1v) is 8.01. The fourth-order valence-electron chi connectivity index (χ4n) is 2.29. The summed E-state index contributed by atoms with van der Waals surface area (Å²) >= 11 is 13.4. The van der Waals surface area contributed by atoms with Crippen molar-refractivity contribution in [3.63, 3.8) is 0 Å². The van der Waals surface area contributed by atoms with Gasteiger partial charge in [0.25, 0.3) is 0 Å². The maximum atomic E-state index is 14.0. The Bertz CT molecular complexity index is 690. The summed E-state index contributed by atoms with van der Waals surface area (Å²) < 4.78 is 14.0. The largest absolute Gasteiger partial charge is 0.295 e. The number of carbonyl (C=O) groups is 1. The Morgan fingerprint density at radius 1 is 1.14 bits per heavy atom. The number of nitrogens with zero attached hydrogens (tertiary/aromatic N) is 1. The molecule has 2 aromatic carbocycles. The zero-order valence-corrected chi connectivity index (χ0v) is 13.1. The number of amides is 1. The molecule has 2 aromatic rings. The molecule has 2 nitrogen and oxygen atoms in total. The first-order valence-electron chi connectivity index (χ1n) is 6.20. The van der Waals surface area contributed by atoms with E-state index in [0.717, 1.165) is 0 Å². The van der Waals surface area contributed by atoms with E-state index < -0.39 is 5.37 Å². The van der Waals surface area contributed by atoms with Crippen LogP contribution in [0, 0.1) is 5.82 Å². The highest BCUT2D eigenvalue weighted by atomic mass is 35.5. The van der Waals surface area contributed by atoms with Gasteiger partial charge in [-0.25, -0.2) is 4.39 Å². The molecule has 0 unspecified atom stereocenters. The van der Waals surface area contributed by atoms with Crippen molar-refractivity contribution in [2.75, 3.05) is 10.7 Å². The van der Waals surface area contributed by atoms with Gasteiger partial charge in [0, 0.05) is 21.3 Å². The minimum atomic E-state index is -0.409. The molecule has 0 radical (unpaired) electrons. The molecule has 0 saturated carbocycles. The van der Waals surface area contributed by atoms with Crippen LogP contribution in [0.3, 0.4) is 0 Å². The highest BCUT2D eigenvalue weighted by Gasteiger charge is 2.35. The molecule has 0 N–H and O–H groups in total. The van der Waals surface area contributed by atoms with Crippen LogP contribution in [0.25, 0.3) is 0 Å². The summed E-state index contributed by atoms with van der Waals surface area (Å²) in [5.41, 5.74) is 1.06. The van der Waals surface area contributed by atoms with Crippen molar-refractivity contribution in [2.45, 2.75) is 5.37 Å². The summed E-state index contributed by atoms with van der Waals surface area (Å²) in [5, 5.41) is 0.470. The zero-order chi connectivity index (χ0) is 15.0. The first-order chi connectivity index (χ1) is 10.1. The second kappa shape index (κ2) is 5.87. The highest BCUT2D eigenvalue weighted by Crippen LogP contribution is 2.43. The Hall–Kier alpha value is -1.23. The second-order valence-electron chi connectivity index (χ2n) is 4.58. The summed E-state index contributed by atoms with van der Waals surface area (Å²) in [7, 11) is 0. The SMILES string of the molecule is O=C1CS[C@H](c2ccccc2F)N1c1cc(Cl)cc(Cl)c1. The van der Waals surface area contributed by atoms with E-state index in [-0.39, 0.29) is 11.7 Å². The van der Waals surface area contributed by atoms with Gasteiger partial charge in [-0.15, -0.1) is 11.8 Å². The third-order valence-corrected chi connectivity index (χ3v) is 4.80. The normalized spacial score (nSPS) is 18.3. The molecular weight excluding hydrogens is 332 g/mol. The molecule has 1 heterocycles. The number of carbonyl (C=O) groups excluding carboxylic acids is 1. The highest BCUT2D eigenvalue weighted by molar-refractivity contribution is 8.00. The van der Waals surface area contributed by atoms with Crippen LogP contribution >= 0.6 is 35.0 Å². The minimum Gasteiger partial charge on any atom is -0.295 e. The zero-order valence-electron chi connectivity index (χ0n) is 10.7. The van der Waals surface area contributed by atoms with E-state index in [2.05, 4.69) is 0 Å². The van der Waals surface area contributed by atoms with E-state index in [1.807, 2.05) is 0 Å². The fraction of sp³-hybridized carbons (Fsp3) is 0.133. The van der Waals surface area contributed by atoms with Crippen LogP contribution in [0.4, 0.5) is 10.1 Å². The van der Waals surface area contributed by atoms with Crippen LogP contribution in [-0.2, 0) is 4.79 Å². The van der Waals surface area contributed by atoms with Crippen LogP contribution in [0.5, 0.6) is 0 Å². The van der Waals surface area contributed by atoms with Crippen LogP contribution < -0.4 is 4.90 Å². The van der Waals surface area contributed by atoms with E-state index in [1.54, 1.807) is 41.3 Å². The molecule has 0 bridgehead atoms. The molecule has 21 heavy (non-hydrogen) atoms. The average Bonchev–Trinajstić information content (AvgIpc) is 2.80. The van der Waals surface area contributed by atoms with Crippen LogP contribution in [0.15, 0.2) is 42.5 Å². The van der Waals surface area contributed by atoms with Crippen molar-refractivity contribution in [3.05, 3.63) is 63.9 Å². The van der Waals surface area contributed by atoms with E-state index >= 15 is 0 Å². The molecule has 0 spiro atoms. The van der Waals surface area contributed by atoms with Crippen LogP contribution in [-0.4, -0.2) is 11.7 Å². The Morgan fingerprint density at radius 3 is 2.48 bits per heavy atom.